The number of carbonyl (C=O) groups is 1. The van der Waals surface area contributed by atoms with E-state index in [9.17, 15) is 4.79 Å². The fourth-order valence-corrected chi connectivity index (χ4v) is 0.982. The van der Waals surface area contributed by atoms with Crippen molar-refractivity contribution in [2.75, 3.05) is 19.7 Å². The van der Waals surface area contributed by atoms with Crippen molar-refractivity contribution in [3.8, 4) is 0 Å². The maximum atomic E-state index is 10.6. The summed E-state index contributed by atoms with van der Waals surface area (Å²) in [5.74, 6) is 5.33. The fourth-order valence-electron chi connectivity index (χ4n) is 0.853. The van der Waals surface area contributed by atoms with Crippen LogP contribution < -0.4 is 11.2 Å². The lowest BCUT2D eigenvalue weighted by Gasteiger charge is -2.29. The number of nitrogens with two attached hydrogens (primary N) is 1. The first-order valence-electron chi connectivity index (χ1n) is 3.31. The minimum atomic E-state index is -0.487. The number of thiol groups is 1. The van der Waals surface area contributed by atoms with Gasteiger partial charge in [-0.15, -0.1) is 0 Å². The van der Waals surface area contributed by atoms with Gasteiger partial charge in [0, 0.05) is 13.1 Å². The normalized spacial score (nSPS) is 24.7. The molecule has 0 aromatic carbocycles. The predicted octanol–water partition coefficient (Wildman–Crippen LogP) is -0.842. The second-order valence-corrected chi connectivity index (χ2v) is 2.60. The van der Waals surface area contributed by atoms with Gasteiger partial charge in [0.25, 0.3) is 5.24 Å². The van der Waals surface area contributed by atoms with Crippen LogP contribution in [0.1, 0.15) is 0 Å². The van der Waals surface area contributed by atoms with E-state index in [4.69, 9.17) is 10.6 Å². The Balaban J connectivity index is 2.38. The maximum Gasteiger partial charge on any atom is 0.294 e. The number of hydrogen-bond donors (Lipinski definition) is 3. The zero-order chi connectivity index (χ0) is 8.27. The first-order valence-corrected chi connectivity index (χ1v) is 3.75. The van der Waals surface area contributed by atoms with Gasteiger partial charge in [-0.05, 0) is 0 Å². The van der Waals surface area contributed by atoms with E-state index in [1.54, 1.807) is 0 Å². The zero-order valence-electron chi connectivity index (χ0n) is 5.99. The average Bonchev–Trinajstić information content (AvgIpc) is 2.05. The van der Waals surface area contributed by atoms with Crippen molar-refractivity contribution in [1.82, 2.24) is 10.3 Å². The second-order valence-electron chi connectivity index (χ2n) is 2.22. The van der Waals surface area contributed by atoms with Gasteiger partial charge in [0.1, 0.15) is 0 Å². The highest BCUT2D eigenvalue weighted by molar-refractivity contribution is 7.96. The zero-order valence-corrected chi connectivity index (χ0v) is 6.88. The van der Waals surface area contributed by atoms with E-state index in [0.717, 1.165) is 11.6 Å². The highest BCUT2D eigenvalue weighted by Gasteiger charge is 2.20. The molecule has 5 nitrogen and oxygen atoms in total. The molecule has 1 saturated heterocycles. The maximum absolute atomic E-state index is 10.6. The Hall–Kier alpha value is -0.300. The lowest BCUT2D eigenvalue weighted by atomic mass is 10.4. The summed E-state index contributed by atoms with van der Waals surface area (Å²) in [7, 11) is 0. The first-order chi connectivity index (χ1) is 5.22. The molecule has 1 heterocycles. The summed E-state index contributed by atoms with van der Waals surface area (Å²) in [6, 6.07) is 0. The summed E-state index contributed by atoms with van der Waals surface area (Å²) in [6.45, 7) is 1.92. The molecule has 1 aliphatic rings. The molecule has 1 amide bonds. The molecule has 1 rings (SSSR count). The SMILES string of the molecule is NN(C(=O)S)C1CNCCO1. The summed E-state index contributed by atoms with van der Waals surface area (Å²) < 4.78 is 5.17. The topological polar surface area (TPSA) is 67.6 Å². The molecular formula is C5H11N3O2S. The lowest BCUT2D eigenvalue weighted by molar-refractivity contribution is -0.0507. The van der Waals surface area contributed by atoms with E-state index < -0.39 is 5.24 Å². The molecule has 64 valence electrons. The van der Waals surface area contributed by atoms with Crippen LogP contribution in [0.3, 0.4) is 0 Å². The van der Waals surface area contributed by atoms with E-state index >= 15 is 0 Å². The summed E-state index contributed by atoms with van der Waals surface area (Å²) in [6.07, 6.45) is -0.381. The Morgan fingerprint density at radius 2 is 2.55 bits per heavy atom. The average molecular weight is 177 g/mol. The number of morpholine rings is 1. The molecule has 1 unspecified atom stereocenters. The van der Waals surface area contributed by atoms with Gasteiger partial charge >= 0.3 is 0 Å². The summed E-state index contributed by atoms with van der Waals surface area (Å²) in [5.41, 5.74) is 0. The molecule has 3 N–H and O–H groups in total. The van der Waals surface area contributed by atoms with Crippen molar-refractivity contribution < 1.29 is 9.53 Å². The third-order valence-corrected chi connectivity index (χ3v) is 1.67. The number of hydrogen-bond acceptors (Lipinski definition) is 4. The van der Waals surface area contributed by atoms with Gasteiger partial charge < -0.3 is 10.1 Å². The minimum absolute atomic E-state index is 0.381. The highest BCUT2D eigenvalue weighted by Crippen LogP contribution is 2.01. The number of amides is 1. The second kappa shape index (κ2) is 3.91. The highest BCUT2D eigenvalue weighted by atomic mass is 32.1. The summed E-state index contributed by atoms with van der Waals surface area (Å²) in [4.78, 5) is 10.6. The van der Waals surface area contributed by atoms with Crippen LogP contribution in [0.2, 0.25) is 0 Å². The molecule has 0 radical (unpaired) electrons. The van der Waals surface area contributed by atoms with Crippen molar-refractivity contribution in [2.24, 2.45) is 5.84 Å². The number of ether oxygens (including phenoxy) is 1. The molecule has 0 aromatic rings. The summed E-state index contributed by atoms with van der Waals surface area (Å²) >= 11 is 3.56. The quantitative estimate of drug-likeness (QED) is 0.211. The molecule has 1 fully saturated rings. The number of nitrogens with zero attached hydrogens (tertiary/aromatic N) is 1. The van der Waals surface area contributed by atoms with Gasteiger partial charge in [0.05, 0.1) is 6.61 Å². The molecule has 0 bridgehead atoms. The molecule has 1 aliphatic heterocycles. The molecule has 6 heteroatoms. The van der Waals surface area contributed by atoms with Crippen LogP contribution in [0.15, 0.2) is 0 Å². The lowest BCUT2D eigenvalue weighted by Crippen LogP contribution is -2.53. The van der Waals surface area contributed by atoms with Gasteiger partial charge in [0.2, 0.25) is 0 Å². The standard InChI is InChI=1S/C5H11N3O2S/c6-8(5(9)11)4-3-7-1-2-10-4/h4,7H,1-3,6H2,(H,9,11). The van der Waals surface area contributed by atoms with E-state index in [2.05, 4.69) is 17.9 Å². The van der Waals surface area contributed by atoms with E-state index in [1.807, 2.05) is 0 Å². The van der Waals surface area contributed by atoms with E-state index in [0.29, 0.717) is 13.2 Å². The van der Waals surface area contributed by atoms with Gasteiger partial charge in [0.15, 0.2) is 6.23 Å². The Kier molecular flexibility index (Phi) is 3.13. The largest absolute Gasteiger partial charge is 0.354 e. The number of nitrogens with one attached hydrogen (secondary N) is 1. The molecule has 0 spiro atoms. The Morgan fingerprint density at radius 3 is 3.00 bits per heavy atom. The molecule has 0 aliphatic carbocycles. The van der Waals surface area contributed by atoms with Crippen molar-refractivity contribution in [3.05, 3.63) is 0 Å². The molecular weight excluding hydrogens is 166 g/mol. The van der Waals surface area contributed by atoms with Crippen molar-refractivity contribution in [3.63, 3.8) is 0 Å². The van der Waals surface area contributed by atoms with Crippen LogP contribution in [0.25, 0.3) is 0 Å². The predicted molar refractivity (Wildman–Crippen MR) is 43.0 cm³/mol. The minimum Gasteiger partial charge on any atom is -0.354 e. The fraction of sp³-hybridized carbons (Fsp3) is 0.800. The van der Waals surface area contributed by atoms with Crippen LogP contribution in [0.5, 0.6) is 0 Å². The molecule has 11 heavy (non-hydrogen) atoms. The number of carbonyl (C=O) groups excluding carboxylic acids is 1. The number of rotatable bonds is 1. The monoisotopic (exact) mass is 177 g/mol. The van der Waals surface area contributed by atoms with Crippen molar-refractivity contribution >= 4 is 17.9 Å². The smallest absolute Gasteiger partial charge is 0.294 e. The van der Waals surface area contributed by atoms with Crippen LogP contribution >= 0.6 is 12.6 Å². The van der Waals surface area contributed by atoms with E-state index in [1.165, 1.54) is 0 Å². The van der Waals surface area contributed by atoms with Gasteiger partial charge in [-0.2, -0.15) is 0 Å². The van der Waals surface area contributed by atoms with Crippen LogP contribution in [-0.4, -0.2) is 36.2 Å². The molecule has 1 atom stereocenters. The van der Waals surface area contributed by atoms with E-state index in [-0.39, 0.29) is 6.23 Å². The van der Waals surface area contributed by atoms with Gasteiger partial charge in [-0.1, -0.05) is 12.6 Å². The summed E-state index contributed by atoms with van der Waals surface area (Å²) in [5, 5.41) is 3.52. The third kappa shape index (κ3) is 2.33. The third-order valence-electron chi connectivity index (χ3n) is 1.44. The Bertz CT molecular complexity index is 149. The molecule has 0 saturated carbocycles. The Labute approximate surface area is 70.2 Å². The van der Waals surface area contributed by atoms with Gasteiger partial charge in [-0.3, -0.25) is 4.79 Å². The van der Waals surface area contributed by atoms with Crippen LogP contribution in [0, 0.1) is 0 Å². The van der Waals surface area contributed by atoms with Crippen LogP contribution in [0.4, 0.5) is 4.79 Å². The number of hydrazine groups is 1. The van der Waals surface area contributed by atoms with Crippen molar-refractivity contribution in [2.45, 2.75) is 6.23 Å². The molecule has 0 aromatic heterocycles. The Morgan fingerprint density at radius 1 is 1.82 bits per heavy atom. The van der Waals surface area contributed by atoms with Crippen LogP contribution in [-0.2, 0) is 4.74 Å². The van der Waals surface area contributed by atoms with Gasteiger partial charge in [-0.25, -0.2) is 10.9 Å². The van der Waals surface area contributed by atoms with Crippen molar-refractivity contribution in [1.29, 1.82) is 0 Å². The first kappa shape index (κ1) is 8.79.